The molecule has 0 spiro atoms. The van der Waals surface area contributed by atoms with Gasteiger partial charge in [-0.2, -0.15) is 0 Å². The number of carboxylic acid groups (broad SMARTS) is 2. The second kappa shape index (κ2) is 20.0. The molecule has 0 aliphatic heterocycles. The summed E-state index contributed by atoms with van der Waals surface area (Å²) < 4.78 is 9.60. The number of carbonyl (C=O) groups is 4. The van der Waals surface area contributed by atoms with Crippen LogP contribution in [0.3, 0.4) is 0 Å². The minimum atomic E-state index is -1.14. The van der Waals surface area contributed by atoms with Crippen molar-refractivity contribution in [2.24, 2.45) is 11.8 Å². The molecule has 0 heterocycles. The van der Waals surface area contributed by atoms with Gasteiger partial charge in [-0.15, -0.1) is 0 Å². The number of esters is 2. The molecule has 220 valence electrons. The molecule has 2 atom stereocenters. The summed E-state index contributed by atoms with van der Waals surface area (Å²) in [6, 6.07) is 9.55. The van der Waals surface area contributed by atoms with Crippen molar-refractivity contribution in [3.8, 4) is 0 Å². The van der Waals surface area contributed by atoms with Crippen LogP contribution < -0.4 is 0 Å². The number of allylic oxidation sites excluding steroid dienone is 2. The highest BCUT2D eigenvalue weighted by Crippen LogP contribution is 2.24. The summed E-state index contributed by atoms with van der Waals surface area (Å²) in [6.07, 6.45) is 8.03. The van der Waals surface area contributed by atoms with Gasteiger partial charge in [-0.3, -0.25) is 0 Å². The van der Waals surface area contributed by atoms with Gasteiger partial charge in [0.1, 0.15) is 6.61 Å². The van der Waals surface area contributed by atoms with Gasteiger partial charge in [0, 0.05) is 28.2 Å². The van der Waals surface area contributed by atoms with Crippen molar-refractivity contribution in [1.82, 2.24) is 0 Å². The van der Waals surface area contributed by atoms with Crippen LogP contribution in [0.5, 0.6) is 0 Å². The number of hydrogen-bond donors (Lipinski definition) is 2. The SMILES string of the molecule is C=C(C(=O)OC)C(C=C(C)C(=O)O)C=C(CCC(CC)CCCC)C(=O)O.C=C(C)C(=O)OCc1ccccc1. The first-order valence-corrected chi connectivity index (χ1v) is 13.4. The maximum atomic E-state index is 11.8. The normalized spacial score (nSPS) is 12.7. The summed E-state index contributed by atoms with van der Waals surface area (Å²) >= 11 is 0. The van der Waals surface area contributed by atoms with Crippen LogP contribution in [0, 0.1) is 11.8 Å². The molecular formula is C32H44O8. The van der Waals surface area contributed by atoms with Gasteiger partial charge in [0.2, 0.25) is 0 Å². The van der Waals surface area contributed by atoms with E-state index in [0.717, 1.165) is 37.7 Å². The molecule has 1 aromatic carbocycles. The lowest BCUT2D eigenvalue weighted by Gasteiger charge is -2.16. The van der Waals surface area contributed by atoms with Gasteiger partial charge in [-0.05, 0) is 38.2 Å². The van der Waals surface area contributed by atoms with Crippen LogP contribution in [0.1, 0.15) is 71.8 Å². The minimum Gasteiger partial charge on any atom is -0.478 e. The maximum absolute atomic E-state index is 11.8. The Balaban J connectivity index is 0.000000968. The third-order valence-corrected chi connectivity index (χ3v) is 6.20. The minimum absolute atomic E-state index is 0.000391. The fourth-order valence-electron chi connectivity index (χ4n) is 3.59. The molecule has 40 heavy (non-hydrogen) atoms. The van der Waals surface area contributed by atoms with Gasteiger partial charge in [0.25, 0.3) is 0 Å². The van der Waals surface area contributed by atoms with E-state index in [1.807, 2.05) is 30.3 Å². The van der Waals surface area contributed by atoms with Gasteiger partial charge in [-0.25, -0.2) is 19.2 Å². The molecule has 0 radical (unpaired) electrons. The molecule has 8 heteroatoms. The molecule has 0 amide bonds. The smallest absolute Gasteiger partial charge is 0.334 e. The molecule has 2 N–H and O–H groups in total. The van der Waals surface area contributed by atoms with Crippen LogP contribution in [0.15, 0.2) is 77.9 Å². The molecule has 0 aromatic heterocycles. The van der Waals surface area contributed by atoms with Gasteiger partial charge in [-0.1, -0.05) is 95.2 Å². The van der Waals surface area contributed by atoms with Crippen LogP contribution in [-0.2, 0) is 35.3 Å². The number of carbonyl (C=O) groups excluding carboxylic acids is 2. The third-order valence-electron chi connectivity index (χ3n) is 6.20. The highest BCUT2D eigenvalue weighted by Gasteiger charge is 2.21. The van der Waals surface area contributed by atoms with Gasteiger partial charge >= 0.3 is 23.9 Å². The molecule has 0 bridgehead atoms. The molecule has 8 nitrogen and oxygen atoms in total. The zero-order chi connectivity index (χ0) is 30.7. The summed E-state index contributed by atoms with van der Waals surface area (Å²) in [5.74, 6) is -3.69. The zero-order valence-electron chi connectivity index (χ0n) is 24.4. The Morgan fingerprint density at radius 3 is 2.02 bits per heavy atom. The Bertz CT molecular complexity index is 1070. The molecule has 0 saturated carbocycles. The average molecular weight is 557 g/mol. The van der Waals surface area contributed by atoms with E-state index in [4.69, 9.17) is 9.84 Å². The summed E-state index contributed by atoms with van der Waals surface area (Å²) in [4.78, 5) is 45.6. The van der Waals surface area contributed by atoms with Crippen LogP contribution in [0.25, 0.3) is 0 Å². The average Bonchev–Trinajstić information content (AvgIpc) is 2.94. The number of benzene rings is 1. The van der Waals surface area contributed by atoms with Crippen LogP contribution in [0.2, 0.25) is 0 Å². The first kappa shape index (κ1) is 36.1. The van der Waals surface area contributed by atoms with Gasteiger partial charge < -0.3 is 19.7 Å². The number of carboxylic acids is 2. The first-order valence-electron chi connectivity index (χ1n) is 13.4. The van der Waals surface area contributed by atoms with Crippen molar-refractivity contribution in [2.75, 3.05) is 7.11 Å². The largest absolute Gasteiger partial charge is 0.478 e. The van der Waals surface area contributed by atoms with E-state index in [9.17, 15) is 24.3 Å². The fraction of sp³-hybridized carbons (Fsp3) is 0.438. The Morgan fingerprint density at radius 2 is 1.55 bits per heavy atom. The van der Waals surface area contributed by atoms with E-state index >= 15 is 0 Å². The summed E-state index contributed by atoms with van der Waals surface area (Å²) in [7, 11) is 1.19. The molecule has 0 fully saturated rings. The quantitative estimate of drug-likeness (QED) is 0.171. The van der Waals surface area contributed by atoms with E-state index in [-0.39, 0.29) is 22.7 Å². The van der Waals surface area contributed by atoms with Crippen LogP contribution in [-0.4, -0.2) is 41.2 Å². The van der Waals surface area contributed by atoms with Gasteiger partial charge in [0.05, 0.1) is 7.11 Å². The van der Waals surface area contributed by atoms with E-state index in [2.05, 4.69) is 31.7 Å². The molecule has 1 aromatic rings. The van der Waals surface area contributed by atoms with E-state index in [1.54, 1.807) is 6.92 Å². The number of unbranched alkanes of at least 4 members (excludes halogenated alkanes) is 1. The number of aliphatic carboxylic acids is 2. The van der Waals surface area contributed by atoms with E-state index < -0.39 is 23.8 Å². The van der Waals surface area contributed by atoms with Crippen molar-refractivity contribution >= 4 is 23.9 Å². The molecule has 0 aliphatic rings. The van der Waals surface area contributed by atoms with Crippen LogP contribution >= 0.6 is 0 Å². The van der Waals surface area contributed by atoms with E-state index in [1.165, 1.54) is 26.2 Å². The second-order valence-electron chi connectivity index (χ2n) is 9.49. The molecule has 2 unspecified atom stereocenters. The summed E-state index contributed by atoms with van der Waals surface area (Å²) in [6.45, 7) is 14.7. The van der Waals surface area contributed by atoms with Crippen molar-refractivity contribution in [3.63, 3.8) is 0 Å². The van der Waals surface area contributed by atoms with E-state index in [0.29, 0.717) is 24.5 Å². The van der Waals surface area contributed by atoms with Crippen molar-refractivity contribution in [2.45, 2.75) is 72.8 Å². The Kier molecular flexibility index (Phi) is 18.1. The lowest BCUT2D eigenvalue weighted by atomic mass is 9.89. The lowest BCUT2D eigenvalue weighted by Crippen LogP contribution is -2.14. The number of hydrogen-bond acceptors (Lipinski definition) is 6. The highest BCUT2D eigenvalue weighted by atomic mass is 16.5. The Hall–Kier alpha value is -3.94. The Morgan fingerprint density at radius 1 is 0.925 bits per heavy atom. The standard InChI is InChI=1S/C21H32O6.C11H12O2/c1-6-8-9-16(7-2)10-11-17(20(24)25)13-18(12-14(3)19(22)23)15(4)21(26)27-5;1-9(2)11(12)13-8-10-6-4-3-5-7-10/h12-13,16,18H,4,6-11H2,1-3,5H3,(H,22,23)(H,24,25);3-7H,1,8H2,2H3. The molecule has 1 rings (SSSR count). The monoisotopic (exact) mass is 556 g/mol. The predicted octanol–water partition coefficient (Wildman–Crippen LogP) is 6.68. The topological polar surface area (TPSA) is 127 Å². The summed E-state index contributed by atoms with van der Waals surface area (Å²) in [5, 5.41) is 18.6. The number of rotatable bonds is 16. The predicted molar refractivity (Wildman–Crippen MR) is 155 cm³/mol. The number of ether oxygens (including phenoxy) is 2. The van der Waals surface area contributed by atoms with Crippen molar-refractivity contribution < 1.29 is 38.9 Å². The zero-order valence-corrected chi connectivity index (χ0v) is 24.4. The molecule has 0 saturated heterocycles. The number of methoxy groups -OCH3 is 1. The lowest BCUT2D eigenvalue weighted by molar-refractivity contribution is -0.140. The summed E-state index contributed by atoms with van der Waals surface area (Å²) in [5.41, 5.74) is 1.55. The first-order chi connectivity index (χ1) is 18.9. The van der Waals surface area contributed by atoms with Crippen LogP contribution in [0.4, 0.5) is 0 Å². The Labute approximate surface area is 238 Å². The van der Waals surface area contributed by atoms with Crippen molar-refractivity contribution in [1.29, 1.82) is 0 Å². The second-order valence-corrected chi connectivity index (χ2v) is 9.49. The highest BCUT2D eigenvalue weighted by molar-refractivity contribution is 5.92. The fourth-order valence-corrected chi connectivity index (χ4v) is 3.59. The molecule has 0 aliphatic carbocycles. The third kappa shape index (κ3) is 14.9. The maximum Gasteiger partial charge on any atom is 0.334 e. The molecular weight excluding hydrogens is 512 g/mol. The van der Waals surface area contributed by atoms with Gasteiger partial charge in [0.15, 0.2) is 0 Å². The van der Waals surface area contributed by atoms with Crippen molar-refractivity contribution in [3.05, 3.63) is 83.5 Å².